The molecule has 0 amide bonds. The zero-order valence-corrected chi connectivity index (χ0v) is 10.5. The highest BCUT2D eigenvalue weighted by atomic mass is 16.5. The maximum absolute atomic E-state index is 11.5. The molecule has 0 spiro atoms. The molecule has 0 radical (unpaired) electrons. The van der Waals surface area contributed by atoms with Gasteiger partial charge in [-0.25, -0.2) is 0 Å². The number of aromatic nitrogens is 3. The molecular formula is C14H15N3O2. The molecule has 98 valence electrons. The minimum Gasteiger partial charge on any atom is -0.477 e. The van der Waals surface area contributed by atoms with Gasteiger partial charge in [0.15, 0.2) is 0 Å². The number of hydrogen-bond acceptors (Lipinski definition) is 4. The first-order valence-corrected chi connectivity index (χ1v) is 6.45. The summed E-state index contributed by atoms with van der Waals surface area (Å²) >= 11 is 0. The number of rotatable bonds is 5. The van der Waals surface area contributed by atoms with E-state index < -0.39 is 0 Å². The van der Waals surface area contributed by atoms with E-state index in [1.807, 2.05) is 18.2 Å². The van der Waals surface area contributed by atoms with Gasteiger partial charge in [-0.05, 0) is 25.0 Å². The summed E-state index contributed by atoms with van der Waals surface area (Å²) < 4.78 is 5.54. The SMILES string of the molecule is O=c1cc(OCCc2ccccn2)nc(C2CC2)[nH]1. The average Bonchev–Trinajstić information content (AvgIpc) is 3.24. The lowest BCUT2D eigenvalue weighted by molar-refractivity contribution is 0.306. The fraction of sp³-hybridized carbons (Fsp3) is 0.357. The van der Waals surface area contributed by atoms with Crippen LogP contribution in [0.25, 0.3) is 0 Å². The quantitative estimate of drug-likeness (QED) is 0.884. The number of ether oxygens (including phenoxy) is 1. The highest BCUT2D eigenvalue weighted by molar-refractivity contribution is 5.14. The van der Waals surface area contributed by atoms with Gasteiger partial charge in [0.1, 0.15) is 5.82 Å². The van der Waals surface area contributed by atoms with Gasteiger partial charge < -0.3 is 9.72 Å². The topological polar surface area (TPSA) is 67.9 Å². The van der Waals surface area contributed by atoms with Crippen LogP contribution in [0.5, 0.6) is 5.88 Å². The number of pyridine rings is 1. The molecule has 2 aromatic rings. The minimum absolute atomic E-state index is 0.148. The second-order valence-electron chi connectivity index (χ2n) is 4.66. The normalized spacial score (nSPS) is 14.3. The van der Waals surface area contributed by atoms with Gasteiger partial charge in [0.25, 0.3) is 5.56 Å². The van der Waals surface area contributed by atoms with Crippen molar-refractivity contribution >= 4 is 0 Å². The van der Waals surface area contributed by atoms with E-state index in [0.29, 0.717) is 24.8 Å². The summed E-state index contributed by atoms with van der Waals surface area (Å²) in [5, 5.41) is 0. The first kappa shape index (κ1) is 11.9. The molecule has 0 saturated heterocycles. The molecule has 0 unspecified atom stereocenters. The standard InChI is InChI=1S/C14H15N3O2/c18-12-9-13(17-14(16-12)10-4-5-10)19-8-6-11-3-1-2-7-15-11/h1-3,7,9-10H,4-6,8H2,(H,16,17,18). The van der Waals surface area contributed by atoms with Gasteiger partial charge >= 0.3 is 0 Å². The molecule has 5 heteroatoms. The predicted molar refractivity (Wildman–Crippen MR) is 70.3 cm³/mol. The Morgan fingerprint density at radius 2 is 2.26 bits per heavy atom. The maximum Gasteiger partial charge on any atom is 0.254 e. The van der Waals surface area contributed by atoms with Crippen molar-refractivity contribution in [3.05, 3.63) is 52.3 Å². The Kier molecular flexibility index (Phi) is 3.27. The highest BCUT2D eigenvalue weighted by Crippen LogP contribution is 2.37. The first-order valence-electron chi connectivity index (χ1n) is 6.45. The molecule has 0 aromatic carbocycles. The summed E-state index contributed by atoms with van der Waals surface area (Å²) in [5.74, 6) is 1.56. The second-order valence-corrected chi connectivity index (χ2v) is 4.66. The van der Waals surface area contributed by atoms with Crippen molar-refractivity contribution < 1.29 is 4.74 Å². The summed E-state index contributed by atoms with van der Waals surface area (Å²) in [6, 6.07) is 7.16. The van der Waals surface area contributed by atoms with Gasteiger partial charge in [-0.1, -0.05) is 6.07 Å². The largest absolute Gasteiger partial charge is 0.477 e. The summed E-state index contributed by atoms with van der Waals surface area (Å²) in [5.41, 5.74) is 0.819. The number of aromatic amines is 1. The third-order valence-electron chi connectivity index (χ3n) is 3.03. The van der Waals surface area contributed by atoms with Crippen molar-refractivity contribution in [3.63, 3.8) is 0 Å². The molecule has 1 aliphatic carbocycles. The van der Waals surface area contributed by atoms with Crippen LogP contribution in [0.3, 0.4) is 0 Å². The van der Waals surface area contributed by atoms with E-state index in [4.69, 9.17) is 4.74 Å². The lowest BCUT2D eigenvalue weighted by atomic mass is 10.3. The van der Waals surface area contributed by atoms with E-state index in [2.05, 4.69) is 15.0 Å². The van der Waals surface area contributed by atoms with Crippen LogP contribution in [0, 0.1) is 0 Å². The summed E-state index contributed by atoms with van der Waals surface area (Å²) in [6.45, 7) is 0.470. The van der Waals surface area contributed by atoms with Crippen molar-refractivity contribution in [3.8, 4) is 5.88 Å². The van der Waals surface area contributed by atoms with Crippen LogP contribution in [0.2, 0.25) is 0 Å². The third kappa shape index (κ3) is 3.19. The zero-order chi connectivity index (χ0) is 13.1. The van der Waals surface area contributed by atoms with Gasteiger partial charge in [0.2, 0.25) is 5.88 Å². The Bertz CT molecular complexity index is 606. The van der Waals surface area contributed by atoms with Crippen molar-refractivity contribution in [2.75, 3.05) is 6.61 Å². The van der Waals surface area contributed by atoms with E-state index in [0.717, 1.165) is 24.4 Å². The molecule has 1 aliphatic rings. The van der Waals surface area contributed by atoms with Crippen molar-refractivity contribution in [1.29, 1.82) is 0 Å². The Labute approximate surface area is 110 Å². The highest BCUT2D eigenvalue weighted by Gasteiger charge is 2.26. The van der Waals surface area contributed by atoms with Crippen LogP contribution in [-0.2, 0) is 6.42 Å². The van der Waals surface area contributed by atoms with Crippen LogP contribution in [0.15, 0.2) is 35.3 Å². The van der Waals surface area contributed by atoms with Crippen LogP contribution >= 0.6 is 0 Å². The molecule has 1 N–H and O–H groups in total. The van der Waals surface area contributed by atoms with Crippen molar-refractivity contribution in [1.82, 2.24) is 15.0 Å². The van der Waals surface area contributed by atoms with E-state index >= 15 is 0 Å². The van der Waals surface area contributed by atoms with Crippen LogP contribution in [0.4, 0.5) is 0 Å². The Morgan fingerprint density at radius 3 is 3.00 bits per heavy atom. The van der Waals surface area contributed by atoms with Crippen LogP contribution in [0.1, 0.15) is 30.3 Å². The molecule has 3 rings (SSSR count). The van der Waals surface area contributed by atoms with Gasteiger partial charge in [-0.15, -0.1) is 0 Å². The third-order valence-corrected chi connectivity index (χ3v) is 3.03. The van der Waals surface area contributed by atoms with E-state index in [1.54, 1.807) is 6.20 Å². The fourth-order valence-electron chi connectivity index (χ4n) is 1.88. The van der Waals surface area contributed by atoms with E-state index in [-0.39, 0.29) is 5.56 Å². The molecule has 1 saturated carbocycles. The minimum atomic E-state index is -0.148. The molecule has 2 aromatic heterocycles. The van der Waals surface area contributed by atoms with Crippen LogP contribution in [-0.4, -0.2) is 21.6 Å². The van der Waals surface area contributed by atoms with Gasteiger partial charge in [0.05, 0.1) is 12.7 Å². The van der Waals surface area contributed by atoms with Crippen molar-refractivity contribution in [2.24, 2.45) is 0 Å². The molecule has 0 atom stereocenters. The maximum atomic E-state index is 11.5. The number of H-pyrrole nitrogens is 1. The van der Waals surface area contributed by atoms with Gasteiger partial charge in [0, 0.05) is 24.2 Å². The molecule has 1 fully saturated rings. The monoisotopic (exact) mass is 257 g/mol. The molecule has 5 nitrogen and oxygen atoms in total. The molecular weight excluding hydrogens is 242 g/mol. The average molecular weight is 257 g/mol. The lowest BCUT2D eigenvalue weighted by Crippen LogP contribution is -2.12. The molecule has 2 heterocycles. The lowest BCUT2D eigenvalue weighted by Gasteiger charge is -2.06. The first-order chi connectivity index (χ1) is 9.31. The molecule has 0 aliphatic heterocycles. The number of nitrogens with zero attached hydrogens (tertiary/aromatic N) is 2. The second kappa shape index (κ2) is 5.22. The zero-order valence-electron chi connectivity index (χ0n) is 10.5. The number of hydrogen-bond donors (Lipinski definition) is 1. The van der Waals surface area contributed by atoms with Crippen LogP contribution < -0.4 is 10.3 Å². The summed E-state index contributed by atoms with van der Waals surface area (Å²) in [7, 11) is 0. The Morgan fingerprint density at radius 1 is 1.37 bits per heavy atom. The summed E-state index contributed by atoms with van der Waals surface area (Å²) in [4.78, 5) is 22.8. The number of nitrogens with one attached hydrogen (secondary N) is 1. The molecule has 0 bridgehead atoms. The Balaban J connectivity index is 1.62. The predicted octanol–water partition coefficient (Wildman–Crippen LogP) is 1.66. The van der Waals surface area contributed by atoms with E-state index in [1.165, 1.54) is 6.07 Å². The van der Waals surface area contributed by atoms with Gasteiger partial charge in [-0.2, -0.15) is 4.98 Å². The molecule has 19 heavy (non-hydrogen) atoms. The van der Waals surface area contributed by atoms with E-state index in [9.17, 15) is 4.79 Å². The summed E-state index contributed by atoms with van der Waals surface area (Å²) in [6.07, 6.45) is 4.65. The van der Waals surface area contributed by atoms with Gasteiger partial charge in [-0.3, -0.25) is 9.78 Å². The van der Waals surface area contributed by atoms with Crippen molar-refractivity contribution in [2.45, 2.75) is 25.2 Å². The fourth-order valence-corrected chi connectivity index (χ4v) is 1.88. The Hall–Kier alpha value is -2.17. The smallest absolute Gasteiger partial charge is 0.254 e.